The Kier molecular flexibility index (Phi) is 5.65. The molecule has 8 heteroatoms. The Morgan fingerprint density at radius 1 is 0.828 bits per heavy atom. The lowest BCUT2D eigenvalue weighted by atomic mass is 10.1. The number of hydrogen-bond donors (Lipinski definition) is 3. The first-order valence-electron chi connectivity index (χ1n) is 8.65. The minimum atomic E-state index is -3.72. The van der Waals surface area contributed by atoms with E-state index in [0.29, 0.717) is 16.9 Å². The van der Waals surface area contributed by atoms with Gasteiger partial charge in [0, 0.05) is 22.5 Å². The van der Waals surface area contributed by atoms with Gasteiger partial charge in [-0.1, -0.05) is 23.8 Å². The van der Waals surface area contributed by atoms with Gasteiger partial charge in [-0.25, -0.2) is 8.42 Å². The molecule has 0 aliphatic heterocycles. The topological polar surface area (TPSA) is 118 Å². The molecule has 0 bridgehead atoms. The standard InChI is InChI=1S/C21H19N3O4S/c1-14-5-11-19(12-6-14)29(27,28)24-17-9-7-15(8-10-17)21(26)23-18-4-2-3-16(13-18)20(22)25/h2-13,24H,1H3,(H2,22,25)(H,23,26). The summed E-state index contributed by atoms with van der Waals surface area (Å²) in [5, 5.41) is 2.67. The molecular weight excluding hydrogens is 390 g/mol. The number of carbonyl (C=O) groups is 2. The average molecular weight is 409 g/mol. The smallest absolute Gasteiger partial charge is 0.261 e. The van der Waals surface area contributed by atoms with E-state index in [4.69, 9.17) is 5.73 Å². The molecule has 4 N–H and O–H groups in total. The van der Waals surface area contributed by atoms with Crippen molar-refractivity contribution < 1.29 is 18.0 Å². The van der Waals surface area contributed by atoms with Gasteiger partial charge in [-0.15, -0.1) is 0 Å². The van der Waals surface area contributed by atoms with Gasteiger partial charge in [-0.2, -0.15) is 0 Å². The van der Waals surface area contributed by atoms with Crippen molar-refractivity contribution >= 4 is 33.2 Å². The van der Waals surface area contributed by atoms with Crippen LogP contribution >= 0.6 is 0 Å². The predicted octanol–water partition coefficient (Wildman–Crippen LogP) is 3.15. The molecule has 7 nitrogen and oxygen atoms in total. The van der Waals surface area contributed by atoms with E-state index in [1.807, 2.05) is 6.92 Å². The summed E-state index contributed by atoms with van der Waals surface area (Å²) in [6.07, 6.45) is 0. The highest BCUT2D eigenvalue weighted by molar-refractivity contribution is 7.92. The van der Waals surface area contributed by atoms with Crippen molar-refractivity contribution in [2.75, 3.05) is 10.0 Å². The number of primary amides is 1. The van der Waals surface area contributed by atoms with Crippen molar-refractivity contribution in [3.05, 3.63) is 89.5 Å². The first kappa shape index (κ1) is 20.1. The van der Waals surface area contributed by atoms with Gasteiger partial charge >= 0.3 is 0 Å². The molecule has 0 radical (unpaired) electrons. The molecule has 0 aliphatic rings. The Morgan fingerprint density at radius 3 is 2.10 bits per heavy atom. The summed E-state index contributed by atoms with van der Waals surface area (Å²) in [6, 6.07) is 18.8. The van der Waals surface area contributed by atoms with Crippen LogP contribution in [0.25, 0.3) is 0 Å². The quantitative estimate of drug-likeness (QED) is 0.579. The highest BCUT2D eigenvalue weighted by Gasteiger charge is 2.14. The van der Waals surface area contributed by atoms with Crippen LogP contribution in [-0.2, 0) is 10.0 Å². The molecule has 0 fully saturated rings. The number of rotatable bonds is 6. The molecule has 2 amide bonds. The van der Waals surface area contributed by atoms with E-state index >= 15 is 0 Å². The summed E-state index contributed by atoms with van der Waals surface area (Å²) in [7, 11) is -3.72. The van der Waals surface area contributed by atoms with Crippen LogP contribution in [0.2, 0.25) is 0 Å². The summed E-state index contributed by atoms with van der Waals surface area (Å²) in [6.45, 7) is 1.87. The number of nitrogens with one attached hydrogen (secondary N) is 2. The van der Waals surface area contributed by atoms with Crippen LogP contribution in [0, 0.1) is 6.92 Å². The number of benzene rings is 3. The predicted molar refractivity (Wildman–Crippen MR) is 111 cm³/mol. The average Bonchev–Trinajstić information content (AvgIpc) is 2.68. The second kappa shape index (κ2) is 8.15. The van der Waals surface area contributed by atoms with Crippen molar-refractivity contribution in [3.63, 3.8) is 0 Å². The van der Waals surface area contributed by atoms with Gasteiger partial charge in [-0.05, 0) is 61.5 Å². The monoisotopic (exact) mass is 409 g/mol. The zero-order valence-corrected chi connectivity index (χ0v) is 16.4. The van der Waals surface area contributed by atoms with Gasteiger partial charge in [0.15, 0.2) is 0 Å². The molecule has 0 aliphatic carbocycles. The number of sulfonamides is 1. The highest BCUT2D eigenvalue weighted by Crippen LogP contribution is 2.18. The van der Waals surface area contributed by atoms with Gasteiger partial charge in [-0.3, -0.25) is 14.3 Å². The third-order valence-electron chi connectivity index (χ3n) is 4.14. The van der Waals surface area contributed by atoms with E-state index in [2.05, 4.69) is 10.0 Å². The third-order valence-corrected chi connectivity index (χ3v) is 5.53. The van der Waals surface area contributed by atoms with E-state index < -0.39 is 21.8 Å². The maximum Gasteiger partial charge on any atom is 0.261 e. The number of nitrogens with two attached hydrogens (primary N) is 1. The Morgan fingerprint density at radius 2 is 1.48 bits per heavy atom. The lowest BCUT2D eigenvalue weighted by Gasteiger charge is -2.10. The van der Waals surface area contributed by atoms with Gasteiger partial charge in [0.05, 0.1) is 4.90 Å². The summed E-state index contributed by atoms with van der Waals surface area (Å²) in [4.78, 5) is 23.8. The molecule has 0 atom stereocenters. The first-order valence-corrected chi connectivity index (χ1v) is 10.1. The van der Waals surface area contributed by atoms with Crippen molar-refractivity contribution in [1.82, 2.24) is 0 Å². The third kappa shape index (κ3) is 4.99. The molecule has 0 aromatic heterocycles. The van der Waals surface area contributed by atoms with E-state index in [0.717, 1.165) is 5.56 Å². The zero-order chi connectivity index (χ0) is 21.0. The number of anilines is 2. The zero-order valence-electron chi connectivity index (χ0n) is 15.5. The van der Waals surface area contributed by atoms with Gasteiger partial charge in [0.25, 0.3) is 15.9 Å². The molecule has 3 rings (SSSR count). The van der Waals surface area contributed by atoms with Gasteiger partial charge in [0.2, 0.25) is 5.91 Å². The van der Waals surface area contributed by atoms with Gasteiger partial charge < -0.3 is 11.1 Å². The van der Waals surface area contributed by atoms with Crippen LogP contribution in [0.15, 0.2) is 77.7 Å². The molecule has 3 aromatic carbocycles. The van der Waals surface area contributed by atoms with Crippen LogP contribution in [0.1, 0.15) is 26.3 Å². The van der Waals surface area contributed by atoms with E-state index in [1.54, 1.807) is 30.3 Å². The molecule has 0 unspecified atom stereocenters. The molecule has 29 heavy (non-hydrogen) atoms. The van der Waals surface area contributed by atoms with Gasteiger partial charge in [0.1, 0.15) is 0 Å². The fourth-order valence-corrected chi connectivity index (χ4v) is 3.63. The Bertz CT molecular complexity index is 1160. The van der Waals surface area contributed by atoms with Crippen LogP contribution in [0.5, 0.6) is 0 Å². The lowest BCUT2D eigenvalue weighted by molar-refractivity contribution is 0.0996. The molecule has 3 aromatic rings. The van der Waals surface area contributed by atoms with Crippen LogP contribution in [-0.4, -0.2) is 20.2 Å². The summed E-state index contributed by atoms with van der Waals surface area (Å²) >= 11 is 0. The minimum Gasteiger partial charge on any atom is -0.366 e. The van der Waals surface area contributed by atoms with E-state index in [1.165, 1.54) is 42.5 Å². The van der Waals surface area contributed by atoms with E-state index in [-0.39, 0.29) is 10.5 Å². The Balaban J connectivity index is 1.71. The second-order valence-corrected chi connectivity index (χ2v) is 8.08. The largest absolute Gasteiger partial charge is 0.366 e. The molecule has 0 saturated carbocycles. The van der Waals surface area contributed by atoms with Crippen LogP contribution in [0.3, 0.4) is 0 Å². The highest BCUT2D eigenvalue weighted by atomic mass is 32.2. The molecule has 0 saturated heterocycles. The Labute approximate surface area is 168 Å². The summed E-state index contributed by atoms with van der Waals surface area (Å²) in [5.41, 5.74) is 7.56. The number of amides is 2. The fourth-order valence-electron chi connectivity index (χ4n) is 2.57. The molecular formula is C21H19N3O4S. The second-order valence-electron chi connectivity index (χ2n) is 6.40. The lowest BCUT2D eigenvalue weighted by Crippen LogP contribution is -2.15. The van der Waals surface area contributed by atoms with Crippen LogP contribution < -0.4 is 15.8 Å². The van der Waals surface area contributed by atoms with Crippen molar-refractivity contribution in [2.24, 2.45) is 5.73 Å². The molecule has 148 valence electrons. The molecule has 0 heterocycles. The summed E-state index contributed by atoms with van der Waals surface area (Å²) < 4.78 is 27.3. The van der Waals surface area contributed by atoms with Crippen molar-refractivity contribution in [2.45, 2.75) is 11.8 Å². The maximum atomic E-state index is 12.4. The fraction of sp³-hybridized carbons (Fsp3) is 0.0476. The minimum absolute atomic E-state index is 0.152. The van der Waals surface area contributed by atoms with Crippen LogP contribution in [0.4, 0.5) is 11.4 Å². The first-order chi connectivity index (χ1) is 13.7. The number of aryl methyl sites for hydroxylation is 1. The van der Waals surface area contributed by atoms with Crippen molar-refractivity contribution in [1.29, 1.82) is 0 Å². The molecule has 0 spiro atoms. The maximum absolute atomic E-state index is 12.4. The van der Waals surface area contributed by atoms with Crippen molar-refractivity contribution in [3.8, 4) is 0 Å². The number of hydrogen-bond acceptors (Lipinski definition) is 4. The SMILES string of the molecule is Cc1ccc(S(=O)(=O)Nc2ccc(C(=O)Nc3cccc(C(N)=O)c3)cc2)cc1. The summed E-state index contributed by atoms with van der Waals surface area (Å²) in [5.74, 6) is -0.995. The normalized spacial score (nSPS) is 10.9. The van der Waals surface area contributed by atoms with E-state index in [9.17, 15) is 18.0 Å². The Hall–Kier alpha value is -3.65. The number of carbonyl (C=O) groups excluding carboxylic acids is 2.